The number of urea groups is 1. The lowest BCUT2D eigenvalue weighted by Gasteiger charge is -2.46. The van der Waals surface area contributed by atoms with Gasteiger partial charge in [-0.1, -0.05) is 19.1 Å². The van der Waals surface area contributed by atoms with E-state index in [1.165, 1.54) is 5.56 Å². The lowest BCUT2D eigenvalue weighted by molar-refractivity contribution is -0.154. The van der Waals surface area contributed by atoms with Crippen LogP contribution in [0.3, 0.4) is 0 Å². The normalized spacial score (nSPS) is 21.6. The molecule has 156 valence electrons. The van der Waals surface area contributed by atoms with Gasteiger partial charge >= 0.3 is 6.03 Å². The number of aryl methyl sites for hydroxylation is 1. The molecule has 1 N–H and O–H groups in total. The van der Waals surface area contributed by atoms with Crippen molar-refractivity contribution in [3.63, 3.8) is 0 Å². The number of amides is 2. The van der Waals surface area contributed by atoms with Gasteiger partial charge < -0.3 is 24.4 Å². The molecule has 2 aliphatic heterocycles. The molecule has 2 heterocycles. The molecule has 6 nitrogen and oxygen atoms in total. The molecule has 2 aliphatic rings. The van der Waals surface area contributed by atoms with E-state index in [9.17, 15) is 4.79 Å². The van der Waals surface area contributed by atoms with E-state index in [2.05, 4.69) is 18.3 Å². The van der Waals surface area contributed by atoms with E-state index < -0.39 is 0 Å². The predicted molar refractivity (Wildman–Crippen MR) is 110 cm³/mol. The molecule has 2 saturated heterocycles. The number of carbonyl (C=O) groups excluding carboxylic acids is 1. The van der Waals surface area contributed by atoms with Crippen LogP contribution in [0.4, 0.5) is 10.5 Å². The minimum absolute atomic E-state index is 0.0246. The van der Waals surface area contributed by atoms with Gasteiger partial charge in [0.15, 0.2) is 0 Å². The van der Waals surface area contributed by atoms with Gasteiger partial charge in [-0.05, 0) is 50.3 Å². The van der Waals surface area contributed by atoms with Gasteiger partial charge in [0.05, 0.1) is 24.9 Å². The van der Waals surface area contributed by atoms with Gasteiger partial charge in [0.1, 0.15) is 0 Å². The molecule has 0 bridgehead atoms. The average Bonchev–Trinajstić information content (AvgIpc) is 2.72. The fraction of sp³-hybridized carbons (Fsp3) is 0.682. The van der Waals surface area contributed by atoms with E-state index >= 15 is 0 Å². The summed E-state index contributed by atoms with van der Waals surface area (Å²) in [6.07, 6.45) is 4.76. The van der Waals surface area contributed by atoms with Crippen LogP contribution in [0, 0.1) is 0 Å². The van der Waals surface area contributed by atoms with Gasteiger partial charge in [-0.25, -0.2) is 4.79 Å². The summed E-state index contributed by atoms with van der Waals surface area (Å²) in [5.41, 5.74) is 1.94. The van der Waals surface area contributed by atoms with Crippen LogP contribution in [0.25, 0.3) is 0 Å². The SMILES string of the molecule is CCOCCOC1CCOC2(CCN(C(=O)Nc3cccc(CC)c3)CC2)C1. The monoisotopic (exact) mass is 390 g/mol. The quantitative estimate of drug-likeness (QED) is 0.719. The first-order valence-corrected chi connectivity index (χ1v) is 10.6. The number of benzene rings is 1. The predicted octanol–water partition coefficient (Wildman–Crippen LogP) is 3.85. The van der Waals surface area contributed by atoms with Crippen molar-refractivity contribution >= 4 is 11.7 Å². The standard InChI is InChI=1S/C22H34N2O4/c1-3-18-6-5-7-19(16-18)23-21(25)24-11-9-22(10-12-24)17-20(8-13-28-22)27-15-14-26-4-2/h5-7,16,20H,3-4,8-15,17H2,1-2H3,(H,23,25). The van der Waals surface area contributed by atoms with Crippen LogP contribution in [0.15, 0.2) is 24.3 Å². The van der Waals surface area contributed by atoms with Crippen molar-refractivity contribution < 1.29 is 19.0 Å². The maximum absolute atomic E-state index is 12.6. The third-order valence-electron chi connectivity index (χ3n) is 5.78. The highest BCUT2D eigenvalue weighted by molar-refractivity contribution is 5.89. The Kier molecular flexibility index (Phi) is 7.71. The molecule has 6 heteroatoms. The van der Waals surface area contributed by atoms with E-state index in [0.717, 1.165) is 51.0 Å². The van der Waals surface area contributed by atoms with Crippen LogP contribution < -0.4 is 5.32 Å². The molecule has 1 aromatic carbocycles. The van der Waals surface area contributed by atoms with E-state index in [-0.39, 0.29) is 17.7 Å². The Morgan fingerprint density at radius 3 is 2.86 bits per heavy atom. The summed E-state index contributed by atoms with van der Waals surface area (Å²) in [6, 6.07) is 8.02. The number of carbonyl (C=O) groups is 1. The zero-order valence-corrected chi connectivity index (χ0v) is 17.2. The number of ether oxygens (including phenoxy) is 3. The van der Waals surface area contributed by atoms with Crippen molar-refractivity contribution in [2.45, 2.75) is 57.7 Å². The van der Waals surface area contributed by atoms with E-state index in [0.29, 0.717) is 26.3 Å². The molecule has 0 radical (unpaired) electrons. The Balaban J connectivity index is 1.47. The molecule has 1 spiro atoms. The van der Waals surface area contributed by atoms with Crippen LogP contribution in [-0.4, -0.2) is 62.2 Å². The van der Waals surface area contributed by atoms with Crippen molar-refractivity contribution in [1.29, 1.82) is 0 Å². The van der Waals surface area contributed by atoms with E-state index in [1.54, 1.807) is 0 Å². The smallest absolute Gasteiger partial charge is 0.321 e. The maximum atomic E-state index is 12.6. The molecule has 0 saturated carbocycles. The Morgan fingerprint density at radius 1 is 1.29 bits per heavy atom. The molecule has 1 unspecified atom stereocenters. The zero-order chi connectivity index (χ0) is 19.8. The van der Waals surface area contributed by atoms with Crippen LogP contribution >= 0.6 is 0 Å². The average molecular weight is 391 g/mol. The summed E-state index contributed by atoms with van der Waals surface area (Å²) >= 11 is 0. The fourth-order valence-electron chi connectivity index (χ4n) is 4.08. The molecule has 3 rings (SSSR count). The molecule has 0 aliphatic carbocycles. The van der Waals surface area contributed by atoms with Crippen LogP contribution in [0.5, 0.6) is 0 Å². The minimum atomic E-state index is -0.145. The molecule has 2 amide bonds. The zero-order valence-electron chi connectivity index (χ0n) is 17.2. The summed E-state index contributed by atoms with van der Waals surface area (Å²) in [4.78, 5) is 14.5. The van der Waals surface area contributed by atoms with Gasteiger partial charge in [0, 0.05) is 38.4 Å². The van der Waals surface area contributed by atoms with Gasteiger partial charge in [0.25, 0.3) is 0 Å². The highest BCUT2D eigenvalue weighted by Crippen LogP contribution is 2.36. The molecular formula is C22H34N2O4. The highest BCUT2D eigenvalue weighted by atomic mass is 16.5. The lowest BCUT2D eigenvalue weighted by Crippen LogP contribution is -2.52. The Labute approximate surface area is 168 Å². The summed E-state index contributed by atoms with van der Waals surface area (Å²) in [6.45, 7) is 8.28. The number of rotatable bonds is 7. The van der Waals surface area contributed by atoms with Gasteiger partial charge in [-0.2, -0.15) is 0 Å². The number of piperidine rings is 1. The Hall–Kier alpha value is -1.63. The third kappa shape index (κ3) is 5.69. The first-order valence-electron chi connectivity index (χ1n) is 10.6. The lowest BCUT2D eigenvalue weighted by atomic mass is 9.83. The number of hydrogen-bond acceptors (Lipinski definition) is 4. The summed E-state index contributed by atoms with van der Waals surface area (Å²) in [5, 5.41) is 3.03. The van der Waals surface area contributed by atoms with Crippen LogP contribution in [-0.2, 0) is 20.6 Å². The molecule has 1 atom stereocenters. The second-order valence-electron chi connectivity index (χ2n) is 7.69. The van der Waals surface area contributed by atoms with Crippen molar-refractivity contribution in [2.24, 2.45) is 0 Å². The maximum Gasteiger partial charge on any atom is 0.321 e. The second-order valence-corrected chi connectivity index (χ2v) is 7.69. The number of nitrogens with zero attached hydrogens (tertiary/aromatic N) is 1. The summed E-state index contributed by atoms with van der Waals surface area (Å²) in [5.74, 6) is 0. The molecule has 0 aromatic heterocycles. The van der Waals surface area contributed by atoms with Gasteiger partial charge in [-0.3, -0.25) is 0 Å². The van der Waals surface area contributed by atoms with Gasteiger partial charge in [-0.15, -0.1) is 0 Å². The molecule has 1 aromatic rings. The van der Waals surface area contributed by atoms with Crippen LogP contribution in [0.2, 0.25) is 0 Å². The van der Waals surface area contributed by atoms with Crippen molar-refractivity contribution in [1.82, 2.24) is 4.90 Å². The molecule has 2 fully saturated rings. The number of hydrogen-bond donors (Lipinski definition) is 1. The molecule has 28 heavy (non-hydrogen) atoms. The first-order chi connectivity index (χ1) is 13.6. The Bertz CT molecular complexity index is 629. The highest BCUT2D eigenvalue weighted by Gasteiger charge is 2.41. The van der Waals surface area contributed by atoms with Crippen LogP contribution in [0.1, 0.15) is 45.1 Å². The topological polar surface area (TPSA) is 60.0 Å². The van der Waals surface area contributed by atoms with Crippen molar-refractivity contribution in [3.8, 4) is 0 Å². The first kappa shape index (κ1) is 21.1. The number of likely N-dealkylation sites (tertiary alicyclic amines) is 1. The fourth-order valence-corrected chi connectivity index (χ4v) is 4.08. The number of nitrogens with one attached hydrogen (secondary N) is 1. The largest absolute Gasteiger partial charge is 0.379 e. The second kappa shape index (κ2) is 10.2. The Morgan fingerprint density at radius 2 is 2.11 bits per heavy atom. The van der Waals surface area contributed by atoms with E-state index in [1.807, 2.05) is 30.0 Å². The van der Waals surface area contributed by atoms with Gasteiger partial charge in [0.2, 0.25) is 0 Å². The molecular weight excluding hydrogens is 356 g/mol. The van der Waals surface area contributed by atoms with Crippen molar-refractivity contribution in [3.05, 3.63) is 29.8 Å². The minimum Gasteiger partial charge on any atom is -0.379 e. The van der Waals surface area contributed by atoms with Crippen molar-refractivity contribution in [2.75, 3.05) is 44.8 Å². The summed E-state index contributed by atoms with van der Waals surface area (Å²) < 4.78 is 17.5. The number of anilines is 1. The third-order valence-corrected chi connectivity index (χ3v) is 5.78. The summed E-state index contributed by atoms with van der Waals surface area (Å²) in [7, 11) is 0. The van der Waals surface area contributed by atoms with E-state index in [4.69, 9.17) is 14.2 Å².